The average Bonchev–Trinajstić information content (AvgIpc) is 2.91. The van der Waals surface area contributed by atoms with Crippen molar-refractivity contribution in [2.45, 2.75) is 19.8 Å². The number of nitrogens with zero attached hydrogens (tertiary/aromatic N) is 1. The second-order valence-electron chi connectivity index (χ2n) is 4.28. The van der Waals surface area contributed by atoms with Crippen molar-refractivity contribution >= 4 is 17.6 Å². The highest BCUT2D eigenvalue weighted by molar-refractivity contribution is 6.03. The molecule has 0 aliphatic rings. The van der Waals surface area contributed by atoms with Gasteiger partial charge < -0.3 is 14.9 Å². The van der Waals surface area contributed by atoms with Crippen molar-refractivity contribution in [3.8, 4) is 0 Å². The van der Waals surface area contributed by atoms with E-state index in [-0.39, 0.29) is 11.5 Å². The maximum Gasteiger partial charge on any atom is 0.374 e. The number of nitrogens with one attached hydrogen (secondary N) is 1. The molecule has 104 valence electrons. The fraction of sp³-hybridized carbons (Fsp3) is 0.214. The van der Waals surface area contributed by atoms with Gasteiger partial charge >= 0.3 is 5.97 Å². The molecule has 1 aromatic carbocycles. The number of carbonyl (C=O) groups excluding carboxylic acids is 1. The number of aryl methyl sites for hydroxylation is 1. The summed E-state index contributed by atoms with van der Waals surface area (Å²) >= 11 is 0. The molecule has 2 N–H and O–H groups in total. The molecule has 1 heterocycles. The molecule has 0 atom stereocenters. The van der Waals surface area contributed by atoms with E-state index in [0.29, 0.717) is 5.69 Å². The zero-order chi connectivity index (χ0) is 14.5. The van der Waals surface area contributed by atoms with E-state index in [1.54, 1.807) is 12.1 Å². The fourth-order valence-corrected chi connectivity index (χ4v) is 1.72. The third-order valence-corrected chi connectivity index (χ3v) is 2.70. The van der Waals surface area contributed by atoms with Crippen molar-refractivity contribution in [3.05, 3.63) is 47.3 Å². The van der Waals surface area contributed by atoms with Gasteiger partial charge in [0.05, 0.1) is 0 Å². The number of carbonyl (C=O) groups is 2. The Morgan fingerprint density at radius 1 is 1.30 bits per heavy atom. The topological polar surface area (TPSA) is 92.4 Å². The van der Waals surface area contributed by atoms with Gasteiger partial charge in [0, 0.05) is 11.8 Å². The van der Waals surface area contributed by atoms with Gasteiger partial charge in [-0.1, -0.05) is 30.6 Å². The van der Waals surface area contributed by atoms with Crippen LogP contribution >= 0.6 is 0 Å². The maximum absolute atomic E-state index is 11.8. The predicted molar refractivity (Wildman–Crippen MR) is 71.9 cm³/mol. The van der Waals surface area contributed by atoms with Gasteiger partial charge in [0.15, 0.2) is 5.69 Å². The maximum atomic E-state index is 11.8. The van der Waals surface area contributed by atoms with E-state index < -0.39 is 11.9 Å². The van der Waals surface area contributed by atoms with Crippen LogP contribution in [0, 0.1) is 0 Å². The van der Waals surface area contributed by atoms with Gasteiger partial charge in [-0.05, 0) is 24.1 Å². The third kappa shape index (κ3) is 3.23. The second kappa shape index (κ2) is 6.01. The van der Waals surface area contributed by atoms with E-state index in [1.807, 2.05) is 12.1 Å². The van der Waals surface area contributed by atoms with Gasteiger partial charge in [-0.3, -0.25) is 4.79 Å². The fourth-order valence-electron chi connectivity index (χ4n) is 1.72. The van der Waals surface area contributed by atoms with Crippen molar-refractivity contribution in [1.82, 2.24) is 5.16 Å². The highest BCUT2D eigenvalue weighted by Gasteiger charge is 2.16. The highest BCUT2D eigenvalue weighted by atomic mass is 16.5. The molecule has 0 bridgehead atoms. The molecule has 20 heavy (non-hydrogen) atoms. The lowest BCUT2D eigenvalue weighted by Crippen LogP contribution is -2.12. The molecular weight excluding hydrogens is 260 g/mol. The van der Waals surface area contributed by atoms with Gasteiger partial charge in [-0.25, -0.2) is 4.79 Å². The zero-order valence-electron chi connectivity index (χ0n) is 10.9. The number of rotatable bonds is 5. The van der Waals surface area contributed by atoms with E-state index in [0.717, 1.165) is 18.9 Å². The Bertz CT molecular complexity index is 616. The lowest BCUT2D eigenvalue weighted by atomic mass is 10.1. The van der Waals surface area contributed by atoms with E-state index in [4.69, 9.17) is 5.11 Å². The molecule has 0 aliphatic heterocycles. The molecule has 6 nitrogen and oxygen atoms in total. The minimum Gasteiger partial charge on any atom is -0.475 e. The Morgan fingerprint density at radius 2 is 2.00 bits per heavy atom. The van der Waals surface area contributed by atoms with Crippen molar-refractivity contribution in [2.24, 2.45) is 0 Å². The highest BCUT2D eigenvalue weighted by Crippen LogP contribution is 2.13. The van der Waals surface area contributed by atoms with Gasteiger partial charge in [-0.15, -0.1) is 0 Å². The first kappa shape index (κ1) is 13.8. The van der Waals surface area contributed by atoms with E-state index >= 15 is 0 Å². The number of aromatic carboxylic acids is 1. The van der Waals surface area contributed by atoms with Crippen LogP contribution in [0.3, 0.4) is 0 Å². The summed E-state index contributed by atoms with van der Waals surface area (Å²) in [6.45, 7) is 2.10. The average molecular weight is 274 g/mol. The monoisotopic (exact) mass is 274 g/mol. The first-order valence-electron chi connectivity index (χ1n) is 6.20. The smallest absolute Gasteiger partial charge is 0.374 e. The van der Waals surface area contributed by atoms with E-state index in [2.05, 4.69) is 21.9 Å². The van der Waals surface area contributed by atoms with Crippen molar-refractivity contribution < 1.29 is 19.2 Å². The minimum atomic E-state index is -1.26. The summed E-state index contributed by atoms with van der Waals surface area (Å²) < 4.78 is 4.53. The Kier molecular flexibility index (Phi) is 4.14. The summed E-state index contributed by atoms with van der Waals surface area (Å²) in [5.74, 6) is -2.14. The van der Waals surface area contributed by atoms with E-state index in [9.17, 15) is 9.59 Å². The van der Waals surface area contributed by atoms with Gasteiger partial charge in [0.25, 0.3) is 5.91 Å². The molecule has 0 radical (unpaired) electrons. The quantitative estimate of drug-likeness (QED) is 0.874. The Hall–Kier alpha value is -2.63. The SMILES string of the molecule is CCCc1ccc(NC(=O)c2cc(C(=O)O)on2)cc1. The molecule has 0 aliphatic carbocycles. The van der Waals surface area contributed by atoms with Crippen molar-refractivity contribution in [2.75, 3.05) is 5.32 Å². The molecule has 0 spiro atoms. The van der Waals surface area contributed by atoms with Crippen molar-refractivity contribution in [3.63, 3.8) is 0 Å². The van der Waals surface area contributed by atoms with Crippen LogP contribution in [0.4, 0.5) is 5.69 Å². The number of benzene rings is 1. The van der Waals surface area contributed by atoms with Crippen molar-refractivity contribution in [1.29, 1.82) is 0 Å². The van der Waals surface area contributed by atoms with Crippen LogP contribution in [0.5, 0.6) is 0 Å². The van der Waals surface area contributed by atoms with E-state index in [1.165, 1.54) is 5.56 Å². The largest absolute Gasteiger partial charge is 0.475 e. The predicted octanol–water partition coefficient (Wildman–Crippen LogP) is 2.58. The van der Waals surface area contributed by atoms with Crippen LogP contribution in [0.2, 0.25) is 0 Å². The van der Waals surface area contributed by atoms with Crippen LogP contribution in [0.15, 0.2) is 34.9 Å². The number of aromatic nitrogens is 1. The Morgan fingerprint density at radius 3 is 2.55 bits per heavy atom. The number of anilines is 1. The Balaban J connectivity index is 2.04. The molecule has 1 aromatic heterocycles. The van der Waals surface area contributed by atoms with Gasteiger partial charge in [0.1, 0.15) is 0 Å². The summed E-state index contributed by atoms with van der Waals surface area (Å²) in [6, 6.07) is 8.54. The van der Waals surface area contributed by atoms with Crippen LogP contribution in [-0.4, -0.2) is 22.1 Å². The summed E-state index contributed by atoms with van der Waals surface area (Å²) in [7, 11) is 0. The Labute approximate surface area is 115 Å². The van der Waals surface area contributed by atoms with Crippen LogP contribution < -0.4 is 5.32 Å². The molecule has 1 amide bonds. The first-order valence-corrected chi connectivity index (χ1v) is 6.20. The van der Waals surface area contributed by atoms with Crippen LogP contribution in [0.1, 0.15) is 40.0 Å². The molecule has 0 unspecified atom stereocenters. The zero-order valence-corrected chi connectivity index (χ0v) is 10.9. The van der Waals surface area contributed by atoms with Gasteiger partial charge in [0.2, 0.25) is 5.76 Å². The molecular formula is C14H14N2O4. The molecule has 0 saturated carbocycles. The first-order chi connectivity index (χ1) is 9.60. The normalized spacial score (nSPS) is 10.2. The molecule has 0 saturated heterocycles. The van der Waals surface area contributed by atoms with Gasteiger partial charge in [-0.2, -0.15) is 0 Å². The lowest BCUT2D eigenvalue weighted by molar-refractivity contribution is 0.0651. The number of amides is 1. The second-order valence-corrected chi connectivity index (χ2v) is 4.28. The summed E-state index contributed by atoms with van der Waals surface area (Å²) in [5.41, 5.74) is 1.75. The standard InChI is InChI=1S/C14H14N2O4/c1-2-3-9-4-6-10(7-5-9)15-13(17)11-8-12(14(18)19)20-16-11/h4-8H,2-3H2,1H3,(H,15,17)(H,18,19). The summed E-state index contributed by atoms with van der Waals surface area (Å²) in [6.07, 6.45) is 2.04. The molecule has 0 fully saturated rings. The third-order valence-electron chi connectivity index (χ3n) is 2.70. The summed E-state index contributed by atoms with van der Waals surface area (Å²) in [5, 5.41) is 14.7. The van der Waals surface area contributed by atoms with Crippen LogP contribution in [-0.2, 0) is 6.42 Å². The number of carboxylic acid groups (broad SMARTS) is 1. The number of carboxylic acids is 1. The lowest BCUT2D eigenvalue weighted by Gasteiger charge is -2.04. The van der Waals surface area contributed by atoms with Crippen LogP contribution in [0.25, 0.3) is 0 Å². The molecule has 6 heteroatoms. The minimum absolute atomic E-state index is 0.0694. The number of hydrogen-bond acceptors (Lipinski definition) is 4. The molecule has 2 aromatic rings. The summed E-state index contributed by atoms with van der Waals surface area (Å²) in [4.78, 5) is 22.5. The molecule has 2 rings (SSSR count). The number of hydrogen-bond donors (Lipinski definition) is 2.